The summed E-state index contributed by atoms with van der Waals surface area (Å²) >= 11 is 1.79. The predicted octanol–water partition coefficient (Wildman–Crippen LogP) is 2.77. The van der Waals surface area contributed by atoms with Crippen LogP contribution in [-0.4, -0.2) is 12.7 Å². The molecule has 0 spiro atoms. The Morgan fingerprint density at radius 3 is 2.88 bits per heavy atom. The van der Waals surface area contributed by atoms with Crippen molar-refractivity contribution in [3.8, 4) is 0 Å². The molecule has 2 rings (SSSR count). The van der Waals surface area contributed by atoms with Gasteiger partial charge in [0.25, 0.3) is 0 Å². The van der Waals surface area contributed by atoms with Gasteiger partial charge < -0.3 is 4.74 Å². The highest BCUT2D eigenvalue weighted by Gasteiger charge is 2.31. The molecule has 0 aliphatic heterocycles. The largest absolute Gasteiger partial charge is 0.378 e. The van der Waals surface area contributed by atoms with Crippen molar-refractivity contribution >= 4 is 11.3 Å². The fourth-order valence-corrected chi connectivity index (χ4v) is 3.28. The van der Waals surface area contributed by atoms with E-state index in [2.05, 4.69) is 30.7 Å². The number of hydrogen-bond acceptors (Lipinski definition) is 4. The molecule has 1 aromatic heterocycles. The molecule has 1 aromatic rings. The van der Waals surface area contributed by atoms with Crippen molar-refractivity contribution in [3.05, 3.63) is 21.9 Å². The highest BCUT2D eigenvalue weighted by atomic mass is 32.1. The maximum Gasteiger partial charge on any atom is 0.0580 e. The summed E-state index contributed by atoms with van der Waals surface area (Å²) in [5, 5.41) is 2.21. The van der Waals surface area contributed by atoms with E-state index in [1.165, 1.54) is 23.3 Å². The van der Waals surface area contributed by atoms with Crippen molar-refractivity contribution in [2.45, 2.75) is 45.3 Å². The maximum atomic E-state index is 5.66. The number of nitrogens with one attached hydrogen (secondary N) is 1. The van der Waals surface area contributed by atoms with Crippen molar-refractivity contribution in [1.29, 1.82) is 0 Å². The summed E-state index contributed by atoms with van der Waals surface area (Å²) in [5.41, 5.74) is 4.27. The highest BCUT2D eigenvalue weighted by molar-refractivity contribution is 7.10. The van der Waals surface area contributed by atoms with Gasteiger partial charge in [-0.15, -0.1) is 11.3 Å². The van der Waals surface area contributed by atoms with E-state index < -0.39 is 0 Å². The average Bonchev–Trinajstić information content (AvgIpc) is 2.68. The molecule has 0 amide bonds. The topological polar surface area (TPSA) is 47.3 Å². The van der Waals surface area contributed by atoms with E-state index in [1.807, 2.05) is 0 Å². The third kappa shape index (κ3) is 3.28. The van der Waals surface area contributed by atoms with Crippen LogP contribution >= 0.6 is 11.3 Å². The fourth-order valence-electron chi connectivity index (χ4n) is 2.52. The summed E-state index contributed by atoms with van der Waals surface area (Å²) in [5.74, 6) is 6.42. The molecule has 1 aliphatic rings. The van der Waals surface area contributed by atoms with Gasteiger partial charge in [0, 0.05) is 17.5 Å². The van der Waals surface area contributed by atoms with Gasteiger partial charge in [0.2, 0.25) is 0 Å². The Labute approximate surface area is 107 Å². The standard InChI is InChI=1S/C13H22N2OS/c1-3-16-12-5-10(6-12)7-13(15-14)11-4-9(2)17-8-11/h4,8,10,12-13,15H,3,5-7,14H2,1-2H3. The molecule has 1 unspecified atom stereocenters. The Morgan fingerprint density at radius 1 is 1.59 bits per heavy atom. The lowest BCUT2D eigenvalue weighted by Gasteiger charge is -2.36. The first-order chi connectivity index (χ1) is 8.22. The van der Waals surface area contributed by atoms with Gasteiger partial charge in [-0.3, -0.25) is 11.3 Å². The highest BCUT2D eigenvalue weighted by Crippen LogP contribution is 2.37. The van der Waals surface area contributed by atoms with Crippen molar-refractivity contribution in [2.75, 3.05) is 6.61 Å². The summed E-state index contributed by atoms with van der Waals surface area (Å²) in [6, 6.07) is 2.53. The monoisotopic (exact) mass is 254 g/mol. The van der Waals surface area contributed by atoms with E-state index in [0.29, 0.717) is 12.1 Å². The van der Waals surface area contributed by atoms with Crippen molar-refractivity contribution in [2.24, 2.45) is 11.8 Å². The van der Waals surface area contributed by atoms with Crippen LogP contribution in [0.15, 0.2) is 11.4 Å². The van der Waals surface area contributed by atoms with Gasteiger partial charge in [0.15, 0.2) is 0 Å². The number of rotatable bonds is 6. The van der Waals surface area contributed by atoms with E-state index in [9.17, 15) is 0 Å². The van der Waals surface area contributed by atoms with Crippen LogP contribution in [-0.2, 0) is 4.74 Å². The normalized spacial score (nSPS) is 25.6. The van der Waals surface area contributed by atoms with Crippen LogP contribution < -0.4 is 11.3 Å². The van der Waals surface area contributed by atoms with Gasteiger partial charge in [0.05, 0.1) is 6.10 Å². The average molecular weight is 254 g/mol. The second-order valence-corrected chi connectivity index (χ2v) is 5.98. The summed E-state index contributed by atoms with van der Waals surface area (Å²) in [6.45, 7) is 5.03. The molecule has 17 heavy (non-hydrogen) atoms. The van der Waals surface area contributed by atoms with Crippen LogP contribution in [0, 0.1) is 12.8 Å². The molecule has 4 heteroatoms. The third-order valence-corrected chi connectivity index (χ3v) is 4.40. The smallest absolute Gasteiger partial charge is 0.0580 e. The van der Waals surface area contributed by atoms with Crippen LogP contribution in [0.2, 0.25) is 0 Å². The van der Waals surface area contributed by atoms with Crippen LogP contribution in [0.4, 0.5) is 0 Å². The quantitative estimate of drug-likeness (QED) is 0.606. The maximum absolute atomic E-state index is 5.66. The number of ether oxygens (including phenoxy) is 1. The summed E-state index contributed by atoms with van der Waals surface area (Å²) < 4.78 is 5.58. The van der Waals surface area contributed by atoms with Crippen molar-refractivity contribution < 1.29 is 4.74 Å². The Balaban J connectivity index is 1.81. The van der Waals surface area contributed by atoms with Gasteiger partial charge in [-0.05, 0) is 56.0 Å². The van der Waals surface area contributed by atoms with Gasteiger partial charge >= 0.3 is 0 Å². The van der Waals surface area contributed by atoms with Gasteiger partial charge in [-0.25, -0.2) is 0 Å². The lowest BCUT2D eigenvalue weighted by atomic mass is 9.77. The number of thiophene rings is 1. The lowest BCUT2D eigenvalue weighted by Crippen LogP contribution is -2.36. The summed E-state index contributed by atoms with van der Waals surface area (Å²) in [7, 11) is 0. The molecular formula is C13H22N2OS. The molecule has 96 valence electrons. The van der Waals surface area contributed by atoms with E-state index in [0.717, 1.165) is 18.9 Å². The predicted molar refractivity (Wildman–Crippen MR) is 71.9 cm³/mol. The van der Waals surface area contributed by atoms with Crippen molar-refractivity contribution in [1.82, 2.24) is 5.43 Å². The first-order valence-corrected chi connectivity index (χ1v) is 7.23. The lowest BCUT2D eigenvalue weighted by molar-refractivity contribution is -0.0291. The number of hydrogen-bond donors (Lipinski definition) is 2. The van der Waals surface area contributed by atoms with Gasteiger partial charge in [-0.1, -0.05) is 0 Å². The molecule has 3 N–H and O–H groups in total. The minimum absolute atomic E-state index is 0.299. The van der Waals surface area contributed by atoms with Crippen LogP contribution in [0.5, 0.6) is 0 Å². The van der Waals surface area contributed by atoms with E-state index in [-0.39, 0.29) is 0 Å². The molecule has 0 aromatic carbocycles. The first-order valence-electron chi connectivity index (χ1n) is 6.35. The molecule has 1 atom stereocenters. The van der Waals surface area contributed by atoms with E-state index in [4.69, 9.17) is 10.6 Å². The van der Waals surface area contributed by atoms with Crippen molar-refractivity contribution in [3.63, 3.8) is 0 Å². The molecule has 1 saturated carbocycles. The Morgan fingerprint density at radius 2 is 2.35 bits per heavy atom. The molecule has 0 radical (unpaired) electrons. The minimum Gasteiger partial charge on any atom is -0.378 e. The molecule has 0 saturated heterocycles. The number of nitrogens with two attached hydrogens (primary N) is 1. The SMILES string of the molecule is CCOC1CC(CC(NN)c2csc(C)c2)C1. The summed E-state index contributed by atoms with van der Waals surface area (Å²) in [4.78, 5) is 1.35. The molecule has 1 heterocycles. The molecule has 0 bridgehead atoms. The Bertz CT molecular complexity index is 347. The fraction of sp³-hybridized carbons (Fsp3) is 0.692. The zero-order chi connectivity index (χ0) is 12.3. The molecule has 1 aliphatic carbocycles. The summed E-state index contributed by atoms with van der Waals surface area (Å²) in [6.07, 6.45) is 3.99. The second kappa shape index (κ2) is 5.96. The molecule has 1 fully saturated rings. The van der Waals surface area contributed by atoms with E-state index >= 15 is 0 Å². The Hall–Kier alpha value is -0.420. The van der Waals surface area contributed by atoms with Gasteiger partial charge in [0.1, 0.15) is 0 Å². The van der Waals surface area contributed by atoms with E-state index in [1.54, 1.807) is 11.3 Å². The van der Waals surface area contributed by atoms with Crippen LogP contribution in [0.1, 0.15) is 42.7 Å². The van der Waals surface area contributed by atoms with Gasteiger partial charge in [-0.2, -0.15) is 0 Å². The minimum atomic E-state index is 0.299. The first kappa shape index (κ1) is 13.0. The molecular weight excluding hydrogens is 232 g/mol. The number of aryl methyl sites for hydroxylation is 1. The Kier molecular flexibility index (Phi) is 4.56. The number of hydrazine groups is 1. The zero-order valence-electron chi connectivity index (χ0n) is 10.6. The van der Waals surface area contributed by atoms with Crippen LogP contribution in [0.25, 0.3) is 0 Å². The second-order valence-electron chi connectivity index (χ2n) is 4.86. The van der Waals surface area contributed by atoms with Crippen LogP contribution in [0.3, 0.4) is 0 Å². The third-order valence-electron chi connectivity index (χ3n) is 3.52. The molecule has 3 nitrogen and oxygen atoms in total. The zero-order valence-corrected chi connectivity index (χ0v) is 11.4.